The molecule has 1 aliphatic heterocycles. The molecule has 37 heavy (non-hydrogen) atoms. The van der Waals surface area contributed by atoms with Crippen LogP contribution in [0, 0.1) is 3.57 Å². The van der Waals surface area contributed by atoms with Crippen molar-refractivity contribution in [3.8, 4) is 0 Å². The van der Waals surface area contributed by atoms with Gasteiger partial charge in [-0.05, 0) is 53.6 Å². The van der Waals surface area contributed by atoms with Crippen LogP contribution in [-0.4, -0.2) is 55.0 Å². The number of hydrogen-bond acceptors (Lipinski definition) is 11. The molecule has 1 saturated heterocycles. The molecule has 1 aliphatic rings. The molecule has 5 rings (SSSR count). The molecule has 4 heterocycles. The van der Waals surface area contributed by atoms with Crippen molar-refractivity contribution in [2.24, 2.45) is 0 Å². The molecule has 13 heteroatoms. The number of anilines is 2. The molecule has 1 fully saturated rings. The van der Waals surface area contributed by atoms with Gasteiger partial charge in [-0.3, -0.25) is 9.36 Å². The van der Waals surface area contributed by atoms with Crippen molar-refractivity contribution in [3.63, 3.8) is 0 Å². The average molecular weight is 619 g/mol. The second-order valence-electron chi connectivity index (χ2n) is 8.44. The molecule has 1 aromatic carbocycles. The van der Waals surface area contributed by atoms with E-state index >= 15 is 0 Å². The van der Waals surface area contributed by atoms with Gasteiger partial charge in [-0.2, -0.15) is 9.97 Å². The number of aromatic nitrogens is 5. The quantitative estimate of drug-likeness (QED) is 0.178. The summed E-state index contributed by atoms with van der Waals surface area (Å²) < 4.78 is 19.6. The summed E-state index contributed by atoms with van der Waals surface area (Å²) in [6.07, 6.45) is -1.84. The summed E-state index contributed by atoms with van der Waals surface area (Å²) in [7, 11) is 0. The third kappa shape index (κ3) is 5.10. The maximum atomic E-state index is 11.3. The van der Waals surface area contributed by atoms with Crippen LogP contribution < -0.4 is 10.6 Å². The van der Waals surface area contributed by atoms with Crippen LogP contribution >= 0.6 is 22.6 Å². The van der Waals surface area contributed by atoms with Gasteiger partial charge in [-0.15, -0.1) is 0 Å². The molecule has 4 aromatic rings. The number of benzene rings is 1. The first-order valence-electron chi connectivity index (χ1n) is 11.9. The molecule has 0 radical (unpaired) electrons. The van der Waals surface area contributed by atoms with Crippen molar-refractivity contribution < 1.29 is 23.9 Å². The Morgan fingerprint density at radius 1 is 1.24 bits per heavy atom. The van der Waals surface area contributed by atoms with Crippen molar-refractivity contribution in [3.05, 3.63) is 57.2 Å². The highest BCUT2D eigenvalue weighted by molar-refractivity contribution is 14.1. The molecular weight excluding hydrogens is 593 g/mol. The van der Waals surface area contributed by atoms with Crippen molar-refractivity contribution in [1.29, 1.82) is 0 Å². The Balaban J connectivity index is 1.51. The molecule has 194 valence electrons. The molecule has 0 amide bonds. The van der Waals surface area contributed by atoms with Crippen LogP contribution in [0.1, 0.15) is 43.2 Å². The number of aryl methyl sites for hydroxylation is 1. The summed E-state index contributed by atoms with van der Waals surface area (Å²) in [5.41, 5.74) is 2.76. The lowest BCUT2D eigenvalue weighted by Crippen LogP contribution is -2.31. The van der Waals surface area contributed by atoms with Crippen molar-refractivity contribution >= 4 is 52.0 Å². The van der Waals surface area contributed by atoms with E-state index in [1.807, 2.05) is 32.0 Å². The summed E-state index contributed by atoms with van der Waals surface area (Å²) in [5.74, 6) is 1.27. The number of halogens is 1. The Morgan fingerprint density at radius 2 is 2.11 bits per heavy atom. The third-order valence-electron chi connectivity index (χ3n) is 6.03. The van der Waals surface area contributed by atoms with Crippen LogP contribution in [0.3, 0.4) is 0 Å². The van der Waals surface area contributed by atoms with Gasteiger partial charge in [0.2, 0.25) is 5.95 Å². The molecule has 4 atom stereocenters. The lowest BCUT2D eigenvalue weighted by Gasteiger charge is -2.20. The number of nitrogens with zero attached hydrogens (tertiary/aromatic N) is 5. The minimum Gasteiger partial charge on any atom is -0.457 e. The highest BCUT2D eigenvalue weighted by Gasteiger charge is 2.49. The third-order valence-corrected chi connectivity index (χ3v) is 6.70. The molecule has 12 nitrogen and oxygen atoms in total. The average Bonchev–Trinajstić information content (AvgIpc) is 3.61. The lowest BCUT2D eigenvalue weighted by atomic mass is 10.1. The van der Waals surface area contributed by atoms with E-state index in [9.17, 15) is 9.90 Å². The topological polar surface area (TPSA) is 149 Å². The zero-order chi connectivity index (χ0) is 25.9. The Kier molecular flexibility index (Phi) is 7.53. The number of carbonyl (C=O) groups excluding carboxylic acids is 1. The van der Waals surface area contributed by atoms with Crippen molar-refractivity contribution in [1.82, 2.24) is 24.7 Å². The molecule has 0 unspecified atom stereocenters. The van der Waals surface area contributed by atoms with Gasteiger partial charge in [-0.25, -0.2) is 4.98 Å². The normalized spacial score (nSPS) is 21.3. The number of aliphatic hydroxyl groups is 1. The molecule has 0 aliphatic carbocycles. The van der Waals surface area contributed by atoms with Gasteiger partial charge in [0.15, 0.2) is 41.2 Å². The smallest absolute Gasteiger partial charge is 0.293 e. The summed E-state index contributed by atoms with van der Waals surface area (Å²) in [5, 5.41) is 21.5. The minimum absolute atomic E-state index is 0.289. The zero-order valence-electron chi connectivity index (χ0n) is 20.2. The standard InChI is InChI=1S/C24H26IN7O5/c1-3-15-9-16(37-31-15)19-18(34)20(35-12-33)23(36-19)32-11-28-17-21(29-24(26-4-2)30-22(17)32)27-10-13-6-5-7-14(25)8-13/h5-9,11-12,18-20,23,34H,3-4,10H2,1-2H3,(H2,26,27,29,30)/t18-,19-,20-,23-/m1/s1. The SMILES string of the molecule is CCNc1nc(NCc2cccc(I)c2)c2ncn([C@@H]3O[C@H](c4cc(CC)no4)[C@@H](O)[C@H]3OC=O)c2n1. The fourth-order valence-electron chi connectivity index (χ4n) is 4.25. The highest BCUT2D eigenvalue weighted by Crippen LogP contribution is 2.41. The van der Waals surface area contributed by atoms with E-state index in [4.69, 9.17) is 14.0 Å². The second kappa shape index (κ2) is 11.0. The van der Waals surface area contributed by atoms with E-state index in [1.165, 1.54) is 6.33 Å². The second-order valence-corrected chi connectivity index (χ2v) is 9.69. The fraction of sp³-hybridized carbons (Fsp3) is 0.375. The molecule has 0 bridgehead atoms. The van der Waals surface area contributed by atoms with Crippen LogP contribution in [0.4, 0.5) is 11.8 Å². The number of rotatable bonds is 10. The zero-order valence-corrected chi connectivity index (χ0v) is 22.3. The Morgan fingerprint density at radius 3 is 2.84 bits per heavy atom. The summed E-state index contributed by atoms with van der Waals surface area (Å²) in [6.45, 7) is 5.32. The molecule has 3 N–H and O–H groups in total. The summed E-state index contributed by atoms with van der Waals surface area (Å²) >= 11 is 2.27. The van der Waals surface area contributed by atoms with Crippen LogP contribution in [-0.2, 0) is 27.2 Å². The van der Waals surface area contributed by atoms with Gasteiger partial charge < -0.3 is 29.7 Å². The number of nitrogens with one attached hydrogen (secondary N) is 2. The van der Waals surface area contributed by atoms with Gasteiger partial charge in [0.05, 0.1) is 12.0 Å². The summed E-state index contributed by atoms with van der Waals surface area (Å²) in [4.78, 5) is 25.1. The first kappa shape index (κ1) is 25.4. The predicted octanol–water partition coefficient (Wildman–Crippen LogP) is 3.20. The number of fused-ring (bicyclic) bond motifs is 1. The van der Waals surface area contributed by atoms with Crippen LogP contribution in [0.15, 0.2) is 41.2 Å². The number of hydrogen-bond donors (Lipinski definition) is 3. The molecule has 3 aromatic heterocycles. The summed E-state index contributed by atoms with van der Waals surface area (Å²) in [6, 6.07) is 9.86. The molecule has 0 spiro atoms. The van der Waals surface area contributed by atoms with Crippen molar-refractivity contribution in [2.45, 2.75) is 51.4 Å². The number of ether oxygens (including phenoxy) is 2. The number of carbonyl (C=O) groups is 1. The van der Waals surface area contributed by atoms with E-state index in [1.54, 1.807) is 10.6 Å². The van der Waals surface area contributed by atoms with Crippen LogP contribution in [0.2, 0.25) is 0 Å². The van der Waals surface area contributed by atoms with Gasteiger partial charge >= 0.3 is 0 Å². The monoisotopic (exact) mass is 619 g/mol. The van der Waals surface area contributed by atoms with E-state index in [0.717, 1.165) is 14.8 Å². The lowest BCUT2D eigenvalue weighted by molar-refractivity contribution is -0.142. The largest absolute Gasteiger partial charge is 0.457 e. The van der Waals surface area contributed by atoms with E-state index < -0.39 is 24.5 Å². The Hall–Kier alpha value is -3.30. The molecular formula is C24H26IN7O5. The molecule has 0 saturated carbocycles. The maximum absolute atomic E-state index is 11.3. The first-order valence-corrected chi connectivity index (χ1v) is 12.9. The van der Waals surface area contributed by atoms with E-state index in [0.29, 0.717) is 48.2 Å². The Bertz CT molecular complexity index is 1390. The highest BCUT2D eigenvalue weighted by atomic mass is 127. The predicted molar refractivity (Wildman–Crippen MR) is 142 cm³/mol. The Labute approximate surface area is 225 Å². The van der Waals surface area contributed by atoms with E-state index in [2.05, 4.69) is 59.4 Å². The number of aliphatic hydroxyl groups excluding tert-OH is 1. The number of imidazole rings is 1. The maximum Gasteiger partial charge on any atom is 0.293 e. The first-order chi connectivity index (χ1) is 18.0. The van der Waals surface area contributed by atoms with Crippen LogP contribution in [0.5, 0.6) is 0 Å². The van der Waals surface area contributed by atoms with Crippen molar-refractivity contribution in [2.75, 3.05) is 17.2 Å². The van der Waals surface area contributed by atoms with E-state index in [-0.39, 0.29) is 6.47 Å². The van der Waals surface area contributed by atoms with Gasteiger partial charge in [-0.1, -0.05) is 24.2 Å². The fourth-order valence-corrected chi connectivity index (χ4v) is 4.85. The van der Waals surface area contributed by atoms with Gasteiger partial charge in [0, 0.05) is 22.7 Å². The van der Waals surface area contributed by atoms with Gasteiger partial charge in [0.1, 0.15) is 6.10 Å². The minimum atomic E-state index is -1.20. The van der Waals surface area contributed by atoms with Crippen LogP contribution in [0.25, 0.3) is 11.2 Å². The van der Waals surface area contributed by atoms with Gasteiger partial charge in [0.25, 0.3) is 6.47 Å².